The molecule has 0 saturated heterocycles. The maximum atomic E-state index is 13.2. The molecule has 0 bridgehead atoms. The highest BCUT2D eigenvalue weighted by atomic mass is 16.5. The van der Waals surface area contributed by atoms with Crippen LogP contribution in [0.1, 0.15) is 25.7 Å². The molecule has 0 aliphatic heterocycles. The van der Waals surface area contributed by atoms with Crippen LogP contribution in [0.15, 0.2) is 70.3 Å². The number of nitrogens with zero attached hydrogens (tertiary/aromatic N) is 2. The second kappa shape index (κ2) is 9.18. The van der Waals surface area contributed by atoms with Gasteiger partial charge in [-0.2, -0.15) is 0 Å². The summed E-state index contributed by atoms with van der Waals surface area (Å²) in [7, 11) is 0. The van der Waals surface area contributed by atoms with Gasteiger partial charge in [-0.25, -0.2) is 4.79 Å². The summed E-state index contributed by atoms with van der Waals surface area (Å²) < 4.78 is 8.83. The average Bonchev–Trinajstić information content (AvgIpc) is 3.83. The fourth-order valence-electron chi connectivity index (χ4n) is 4.50. The Morgan fingerprint density at radius 1 is 0.917 bits per heavy atom. The molecule has 2 aromatic heterocycles. The number of benzene rings is 2. The number of hydrogen-bond donors (Lipinski definition) is 2. The van der Waals surface area contributed by atoms with Crippen LogP contribution in [0, 0.1) is 11.8 Å². The van der Waals surface area contributed by atoms with Crippen LogP contribution in [0.5, 0.6) is 5.75 Å². The van der Waals surface area contributed by atoms with Gasteiger partial charge in [-0.15, -0.1) is 0 Å². The van der Waals surface area contributed by atoms with Gasteiger partial charge in [0, 0.05) is 24.5 Å². The third-order valence-electron chi connectivity index (χ3n) is 6.88. The van der Waals surface area contributed by atoms with E-state index in [4.69, 9.17) is 4.74 Å². The molecule has 2 heterocycles. The van der Waals surface area contributed by atoms with E-state index in [-0.39, 0.29) is 23.8 Å². The largest absolute Gasteiger partial charge is 0.484 e. The Bertz CT molecular complexity index is 1520. The Morgan fingerprint density at radius 3 is 2.25 bits per heavy atom. The van der Waals surface area contributed by atoms with Crippen LogP contribution in [0.25, 0.3) is 22.3 Å². The lowest BCUT2D eigenvalue weighted by Crippen LogP contribution is -2.40. The first kappa shape index (κ1) is 22.4. The van der Waals surface area contributed by atoms with Gasteiger partial charge in [0.2, 0.25) is 0 Å². The third kappa shape index (κ3) is 4.71. The fourth-order valence-corrected chi connectivity index (χ4v) is 4.50. The molecule has 8 nitrogen and oxygen atoms in total. The number of aromatic nitrogens is 3. The minimum Gasteiger partial charge on any atom is -0.484 e. The second-order valence-electron chi connectivity index (χ2n) is 9.87. The molecule has 184 valence electrons. The normalized spacial score (nSPS) is 15.2. The Morgan fingerprint density at radius 2 is 1.58 bits per heavy atom. The molecule has 2 saturated carbocycles. The first-order chi connectivity index (χ1) is 17.5. The molecule has 1 amide bonds. The number of ether oxygens (including phenoxy) is 1. The molecule has 2 aliphatic carbocycles. The van der Waals surface area contributed by atoms with Crippen LogP contribution >= 0.6 is 0 Å². The van der Waals surface area contributed by atoms with Crippen molar-refractivity contribution < 1.29 is 9.53 Å². The summed E-state index contributed by atoms with van der Waals surface area (Å²) in [6.45, 7) is 1.04. The number of carbonyl (C=O) groups is 1. The van der Waals surface area contributed by atoms with Crippen molar-refractivity contribution in [1.82, 2.24) is 14.1 Å². The summed E-state index contributed by atoms with van der Waals surface area (Å²) in [5, 5.41) is 2.79. The van der Waals surface area contributed by atoms with Crippen LogP contribution < -0.4 is 21.3 Å². The summed E-state index contributed by atoms with van der Waals surface area (Å²) >= 11 is 0. The lowest BCUT2D eigenvalue weighted by molar-refractivity contribution is -0.118. The SMILES string of the molecule is O=C(COc1ccc(-c2cc3c([nH]2)c(=O)n(CC2CC2)c(=O)n3CC2CC2)cc1)Nc1ccccc1. The molecule has 0 spiro atoms. The maximum Gasteiger partial charge on any atom is 0.331 e. The Hall–Kier alpha value is -4.07. The minimum absolute atomic E-state index is 0.103. The van der Waals surface area contributed by atoms with E-state index in [1.807, 2.05) is 48.5 Å². The number of aromatic amines is 1. The summed E-state index contributed by atoms with van der Waals surface area (Å²) in [5.74, 6) is 1.26. The van der Waals surface area contributed by atoms with E-state index < -0.39 is 0 Å². The number of H-pyrrole nitrogens is 1. The van der Waals surface area contributed by atoms with Crippen molar-refractivity contribution in [3.8, 4) is 17.0 Å². The van der Waals surface area contributed by atoms with Crippen molar-refractivity contribution in [1.29, 1.82) is 0 Å². The van der Waals surface area contributed by atoms with Gasteiger partial charge in [-0.1, -0.05) is 18.2 Å². The third-order valence-corrected chi connectivity index (χ3v) is 6.88. The molecule has 0 unspecified atom stereocenters. The zero-order valence-electron chi connectivity index (χ0n) is 19.9. The van der Waals surface area contributed by atoms with E-state index in [0.29, 0.717) is 41.7 Å². The average molecular weight is 485 g/mol. The van der Waals surface area contributed by atoms with Crippen LogP contribution in [-0.4, -0.2) is 26.6 Å². The number of fused-ring (bicyclic) bond motifs is 1. The Labute approximate surface area is 207 Å². The van der Waals surface area contributed by atoms with Gasteiger partial charge in [0.05, 0.1) is 5.52 Å². The maximum absolute atomic E-state index is 13.2. The lowest BCUT2D eigenvalue weighted by atomic mass is 10.1. The fraction of sp³-hybridized carbons (Fsp3) is 0.321. The molecule has 36 heavy (non-hydrogen) atoms. The van der Waals surface area contributed by atoms with Crippen LogP contribution in [0.3, 0.4) is 0 Å². The topological polar surface area (TPSA) is 98.1 Å². The number of rotatable bonds is 9. The standard InChI is InChI=1S/C28H28N4O4/c33-25(29-21-4-2-1-3-5-21)17-36-22-12-10-20(11-13-22)23-14-24-26(30-23)27(34)32(16-19-8-9-19)28(35)31(24)15-18-6-7-18/h1-5,10-14,18-19,30H,6-9,15-17H2,(H,29,33). The number of hydrogen-bond acceptors (Lipinski definition) is 4. The van der Waals surface area contributed by atoms with Gasteiger partial charge in [0.15, 0.2) is 6.61 Å². The zero-order valence-corrected chi connectivity index (χ0v) is 19.9. The van der Waals surface area contributed by atoms with Crippen LogP contribution in [0.4, 0.5) is 5.69 Å². The summed E-state index contributed by atoms with van der Waals surface area (Å²) in [6.07, 6.45) is 4.39. The number of anilines is 1. The molecule has 2 N–H and O–H groups in total. The molecular weight excluding hydrogens is 456 g/mol. The van der Waals surface area contributed by atoms with Crippen molar-refractivity contribution in [2.24, 2.45) is 11.8 Å². The predicted octanol–water partition coefficient (Wildman–Crippen LogP) is 4.00. The number of nitrogens with one attached hydrogen (secondary N) is 2. The summed E-state index contributed by atoms with van der Waals surface area (Å²) in [5.41, 5.74) is 3.05. The highest BCUT2D eigenvalue weighted by Crippen LogP contribution is 2.32. The van der Waals surface area contributed by atoms with E-state index in [9.17, 15) is 14.4 Å². The molecule has 0 radical (unpaired) electrons. The first-order valence-electron chi connectivity index (χ1n) is 12.5. The van der Waals surface area contributed by atoms with E-state index in [1.165, 1.54) is 4.57 Å². The highest BCUT2D eigenvalue weighted by molar-refractivity contribution is 5.91. The number of amides is 1. The highest BCUT2D eigenvalue weighted by Gasteiger charge is 2.28. The minimum atomic E-state index is -0.246. The van der Waals surface area contributed by atoms with E-state index in [1.54, 1.807) is 16.7 Å². The van der Waals surface area contributed by atoms with Gasteiger partial charge >= 0.3 is 5.69 Å². The molecule has 2 fully saturated rings. The first-order valence-corrected chi connectivity index (χ1v) is 12.5. The van der Waals surface area contributed by atoms with Gasteiger partial charge in [0.25, 0.3) is 11.5 Å². The van der Waals surface area contributed by atoms with E-state index in [2.05, 4.69) is 10.3 Å². The molecular formula is C28H28N4O4. The monoisotopic (exact) mass is 484 g/mol. The van der Waals surface area contributed by atoms with Crippen LogP contribution in [-0.2, 0) is 17.9 Å². The molecule has 6 rings (SSSR count). The van der Waals surface area contributed by atoms with Crippen molar-refractivity contribution in [2.75, 3.05) is 11.9 Å². The number of carbonyl (C=O) groups excluding carboxylic acids is 1. The van der Waals surface area contributed by atoms with Gasteiger partial charge in [-0.05, 0) is 85.5 Å². The van der Waals surface area contributed by atoms with Gasteiger partial charge < -0.3 is 15.0 Å². The van der Waals surface area contributed by atoms with Crippen molar-refractivity contribution >= 4 is 22.6 Å². The van der Waals surface area contributed by atoms with Crippen molar-refractivity contribution in [3.63, 3.8) is 0 Å². The number of para-hydroxylation sites is 1. The predicted molar refractivity (Wildman–Crippen MR) is 138 cm³/mol. The summed E-state index contributed by atoms with van der Waals surface area (Å²) in [6, 6.07) is 18.5. The molecule has 2 aromatic carbocycles. The van der Waals surface area contributed by atoms with Crippen molar-refractivity contribution in [2.45, 2.75) is 38.8 Å². The molecule has 8 heteroatoms. The zero-order chi connectivity index (χ0) is 24.6. The molecule has 0 atom stereocenters. The van der Waals surface area contributed by atoms with E-state index in [0.717, 1.165) is 42.6 Å². The summed E-state index contributed by atoms with van der Waals surface area (Å²) in [4.78, 5) is 41.8. The van der Waals surface area contributed by atoms with Crippen LogP contribution in [0.2, 0.25) is 0 Å². The second-order valence-corrected chi connectivity index (χ2v) is 9.87. The lowest BCUT2D eigenvalue weighted by Gasteiger charge is -2.11. The van der Waals surface area contributed by atoms with E-state index >= 15 is 0 Å². The van der Waals surface area contributed by atoms with Gasteiger partial charge in [-0.3, -0.25) is 18.7 Å². The quantitative estimate of drug-likeness (QED) is 0.375. The van der Waals surface area contributed by atoms with Crippen molar-refractivity contribution in [3.05, 3.63) is 81.5 Å². The smallest absolute Gasteiger partial charge is 0.331 e. The Kier molecular flexibility index (Phi) is 5.71. The van der Waals surface area contributed by atoms with Gasteiger partial charge in [0.1, 0.15) is 11.3 Å². The molecule has 2 aliphatic rings. The molecule has 4 aromatic rings. The Balaban J connectivity index is 1.23.